The first-order chi connectivity index (χ1) is 34.5. The van der Waals surface area contributed by atoms with Gasteiger partial charge >= 0.3 is 5.97 Å². The molecule has 0 saturated carbocycles. The van der Waals surface area contributed by atoms with Crippen molar-refractivity contribution in [3.05, 3.63) is 77.6 Å². The summed E-state index contributed by atoms with van der Waals surface area (Å²) in [5, 5.41) is 5.59. The smallest absolute Gasteiger partial charge is 0.324 e. The Morgan fingerprint density at radius 2 is 1.82 bits per heavy atom. The zero-order valence-corrected chi connectivity index (χ0v) is 43.5. The summed E-state index contributed by atoms with van der Waals surface area (Å²) in [6.45, 7) is 15.6. The Kier molecular flexibility index (Phi) is 16.2. The summed E-state index contributed by atoms with van der Waals surface area (Å²) in [6, 6.07) is 15.6. The average molecular weight is 985 g/mol. The third kappa shape index (κ3) is 11.2. The van der Waals surface area contributed by atoms with Crippen LogP contribution in [0.2, 0.25) is 0 Å². The predicted molar refractivity (Wildman–Crippen MR) is 275 cm³/mol. The Hall–Kier alpha value is -6.12. The Balaban J connectivity index is 1.11. The van der Waals surface area contributed by atoms with Crippen molar-refractivity contribution in [1.29, 1.82) is 0 Å². The molecule has 1 unspecified atom stereocenters. The van der Waals surface area contributed by atoms with Gasteiger partial charge in [0.1, 0.15) is 18.1 Å². The van der Waals surface area contributed by atoms with Crippen LogP contribution in [-0.2, 0) is 57.6 Å². The van der Waals surface area contributed by atoms with E-state index in [4.69, 9.17) is 19.2 Å². The summed E-state index contributed by atoms with van der Waals surface area (Å²) in [5.74, 6) is 3.01. The van der Waals surface area contributed by atoms with Crippen LogP contribution in [0.3, 0.4) is 0 Å². The van der Waals surface area contributed by atoms with E-state index in [1.54, 1.807) is 25.3 Å². The van der Waals surface area contributed by atoms with Gasteiger partial charge < -0.3 is 33.9 Å². The fourth-order valence-electron chi connectivity index (χ4n) is 10.8. The van der Waals surface area contributed by atoms with Crippen LogP contribution in [0, 0.1) is 29.1 Å². The van der Waals surface area contributed by atoms with E-state index >= 15 is 0 Å². The van der Waals surface area contributed by atoms with Crippen molar-refractivity contribution < 1.29 is 38.2 Å². The lowest BCUT2D eigenvalue weighted by Crippen LogP contribution is -2.62. The Bertz CT molecular complexity index is 2740. The summed E-state index contributed by atoms with van der Waals surface area (Å²) in [6.07, 6.45) is 3.70. The van der Waals surface area contributed by atoms with Gasteiger partial charge in [0.25, 0.3) is 11.8 Å². The highest BCUT2D eigenvalue weighted by Gasteiger charge is 2.40. The third-order valence-electron chi connectivity index (χ3n) is 14.9. The van der Waals surface area contributed by atoms with Crippen LogP contribution in [0.15, 0.2) is 60.8 Å². The molecule has 4 aliphatic heterocycles. The SMILES string of the molecule is CCn1c(-c2cccnc2[C@H](C)OC)c2c3cc(ccc31)-c1cccc(c1)C[C@H](NC(=O)[C@H](C(C)C)N(C)C(=O)[C@H]1CCN(C(=O)C#CC3COCCN3C)C1)C(=O)N1CCC[C@H](N1)C(=O)OCC(C)(C)C2. The van der Waals surface area contributed by atoms with Crippen molar-refractivity contribution in [3.8, 4) is 34.2 Å². The molecule has 4 amide bonds. The number of amides is 4. The molecular weight excluding hydrogens is 913 g/mol. The number of morpholine rings is 1. The van der Waals surface area contributed by atoms with Gasteiger partial charge in [0, 0.05) is 81.4 Å². The van der Waals surface area contributed by atoms with Gasteiger partial charge in [-0.3, -0.25) is 38.9 Å². The predicted octanol–water partition coefficient (Wildman–Crippen LogP) is 5.41. The van der Waals surface area contributed by atoms with Crippen molar-refractivity contribution >= 4 is 40.5 Å². The largest absolute Gasteiger partial charge is 0.464 e. The van der Waals surface area contributed by atoms with Gasteiger partial charge in [0.2, 0.25) is 11.8 Å². The zero-order valence-electron chi connectivity index (χ0n) is 43.5. The van der Waals surface area contributed by atoms with Gasteiger partial charge in [0.15, 0.2) is 0 Å². The van der Waals surface area contributed by atoms with Crippen LogP contribution in [0.4, 0.5) is 0 Å². The number of likely N-dealkylation sites (tertiary alicyclic amines) is 1. The Morgan fingerprint density at radius 1 is 1.03 bits per heavy atom. The average Bonchev–Trinajstić information content (AvgIpc) is 3.99. The van der Waals surface area contributed by atoms with Crippen molar-refractivity contribution in [2.24, 2.45) is 17.3 Å². The first kappa shape index (κ1) is 52.2. The van der Waals surface area contributed by atoms with Crippen molar-refractivity contribution in [3.63, 3.8) is 0 Å². The van der Waals surface area contributed by atoms with Gasteiger partial charge in [-0.05, 0) is 105 Å². The molecule has 3 fully saturated rings. The number of benzene rings is 2. The highest BCUT2D eigenvalue weighted by Crippen LogP contribution is 2.42. The lowest BCUT2D eigenvalue weighted by Gasteiger charge is -2.37. The number of nitrogens with zero attached hydrogens (tertiary/aromatic N) is 6. The fraction of sp³-hybridized carbons (Fsp3) is 0.536. The second-order valence-electron chi connectivity index (χ2n) is 21.1. The maximum atomic E-state index is 14.8. The van der Waals surface area contributed by atoms with Gasteiger partial charge in [-0.1, -0.05) is 63.9 Å². The lowest BCUT2D eigenvalue weighted by molar-refractivity contribution is -0.155. The molecule has 0 aliphatic carbocycles. The standard InChI is InChI=1S/C56H72N8O8/c1-10-63-47-20-18-39-30-43(47)44(51(63)42-16-12-23-57-49(42)36(4)70-9)31-56(5,6)34-72-55(69)45-17-13-24-64(59-45)54(68)46(29-37-14-11-15-38(39)28-37)58-52(66)50(35(2)3)61(8)53(67)40-22-25-62(32-40)48(65)21-19-41-33-71-27-26-60(41)7/h11-12,14-16,18,20,23,28,30,35-36,40-41,45-46,50,59H,10,13,17,22,24-27,29,31-34H2,1-9H3,(H,58,66)/t36-,40-,41?,45-,46-,50-/m0/s1. The number of aryl methyl sites for hydroxylation is 1. The first-order valence-corrected chi connectivity index (χ1v) is 25.6. The molecule has 2 aromatic carbocycles. The molecule has 0 spiro atoms. The van der Waals surface area contributed by atoms with E-state index < -0.39 is 47.2 Å². The molecule has 2 aromatic heterocycles. The molecular formula is C56H72N8O8. The molecule has 6 atom stereocenters. The quantitative estimate of drug-likeness (QED) is 0.163. The van der Waals surface area contributed by atoms with Gasteiger partial charge in [-0.2, -0.15) is 0 Å². The molecule has 384 valence electrons. The second kappa shape index (κ2) is 22.3. The highest BCUT2D eigenvalue weighted by atomic mass is 16.5. The summed E-state index contributed by atoms with van der Waals surface area (Å²) >= 11 is 0. The van der Waals surface area contributed by atoms with Gasteiger partial charge in [0.05, 0.1) is 49.3 Å². The number of methoxy groups -OCH3 is 1. The van der Waals surface area contributed by atoms with Crippen molar-refractivity contribution in [1.82, 2.24) is 40.0 Å². The summed E-state index contributed by atoms with van der Waals surface area (Å²) in [5.41, 5.74) is 10.4. The van der Waals surface area contributed by atoms with E-state index in [-0.39, 0.29) is 49.5 Å². The number of ether oxygens (including phenoxy) is 3. The van der Waals surface area contributed by atoms with E-state index in [0.717, 1.165) is 56.7 Å². The molecule has 0 radical (unpaired) electrons. The number of pyridine rings is 1. The highest BCUT2D eigenvalue weighted by molar-refractivity contribution is 5.97. The first-order valence-electron chi connectivity index (χ1n) is 25.6. The van der Waals surface area contributed by atoms with E-state index in [1.165, 1.54) is 9.91 Å². The Morgan fingerprint density at radius 3 is 2.57 bits per heavy atom. The molecule has 4 aromatic rings. The zero-order chi connectivity index (χ0) is 51.4. The van der Waals surface area contributed by atoms with Crippen LogP contribution in [-0.4, -0.2) is 150 Å². The number of rotatable bonds is 9. The Labute approximate surface area is 424 Å². The number of likely N-dealkylation sites (N-methyl/N-ethyl adjacent to an activating group) is 2. The molecule has 8 rings (SSSR count). The molecule has 2 N–H and O–H groups in total. The summed E-state index contributed by atoms with van der Waals surface area (Å²) in [4.78, 5) is 80.8. The number of carbonyl (C=O) groups excluding carboxylic acids is 5. The number of cyclic esters (lactones) is 1. The van der Waals surface area contributed by atoms with Crippen molar-refractivity contribution in [2.75, 3.05) is 67.2 Å². The molecule has 16 heteroatoms. The van der Waals surface area contributed by atoms with E-state index in [2.05, 4.69) is 89.2 Å². The van der Waals surface area contributed by atoms with E-state index in [9.17, 15) is 24.0 Å². The molecule has 3 saturated heterocycles. The van der Waals surface area contributed by atoms with E-state index in [0.29, 0.717) is 58.5 Å². The van der Waals surface area contributed by atoms with Crippen LogP contribution in [0.25, 0.3) is 33.3 Å². The third-order valence-corrected chi connectivity index (χ3v) is 14.9. The van der Waals surface area contributed by atoms with Gasteiger partial charge in [-0.15, -0.1) is 0 Å². The van der Waals surface area contributed by atoms with Crippen LogP contribution >= 0.6 is 0 Å². The number of fused-ring (bicyclic) bond motifs is 6. The molecule has 72 heavy (non-hydrogen) atoms. The minimum absolute atomic E-state index is 0.130. The van der Waals surface area contributed by atoms with Crippen molar-refractivity contribution in [2.45, 2.75) is 110 Å². The second-order valence-corrected chi connectivity index (χ2v) is 21.1. The van der Waals surface area contributed by atoms with Crippen LogP contribution < -0.4 is 10.7 Å². The fourth-order valence-corrected chi connectivity index (χ4v) is 10.8. The monoisotopic (exact) mass is 985 g/mol. The number of carbonyl (C=O) groups is 5. The molecule has 6 heterocycles. The number of nitrogens with one attached hydrogen (secondary N) is 2. The lowest BCUT2D eigenvalue weighted by atomic mass is 9.84. The van der Waals surface area contributed by atoms with Gasteiger partial charge in [-0.25, -0.2) is 5.43 Å². The molecule has 6 bridgehead atoms. The number of hydrazine groups is 1. The minimum Gasteiger partial charge on any atom is -0.464 e. The molecule has 4 aliphatic rings. The topological polar surface area (TPSA) is 168 Å². The maximum absolute atomic E-state index is 14.8. The maximum Gasteiger partial charge on any atom is 0.324 e. The molecule has 16 nitrogen and oxygen atoms in total. The summed E-state index contributed by atoms with van der Waals surface area (Å²) < 4.78 is 19.9. The normalized spacial score (nSPS) is 22.6. The van der Waals surface area contributed by atoms with E-state index in [1.807, 2.05) is 46.0 Å². The van der Waals surface area contributed by atoms with Crippen LogP contribution in [0.1, 0.15) is 83.7 Å². The minimum atomic E-state index is -1.07. The number of esters is 1. The van der Waals surface area contributed by atoms with Crippen LogP contribution in [0.5, 0.6) is 0 Å². The number of aromatic nitrogens is 2. The number of hydrogen-bond donors (Lipinski definition) is 2. The number of hydrogen-bond acceptors (Lipinski definition) is 11. The summed E-state index contributed by atoms with van der Waals surface area (Å²) in [7, 11) is 5.25.